The molecule has 0 fully saturated rings. The number of hydrogen-bond donors (Lipinski definition) is 0. The quantitative estimate of drug-likeness (QED) is 0.575. The summed E-state index contributed by atoms with van der Waals surface area (Å²) in [5.74, 6) is -3.62. The van der Waals surface area contributed by atoms with E-state index in [0.29, 0.717) is 5.56 Å². The lowest BCUT2D eigenvalue weighted by molar-refractivity contribution is -0.159. The zero-order valence-corrected chi connectivity index (χ0v) is 14.9. The highest BCUT2D eigenvalue weighted by molar-refractivity contribution is 7.91. The van der Waals surface area contributed by atoms with Gasteiger partial charge in [0.15, 0.2) is 15.6 Å². The third kappa shape index (κ3) is 4.80. The van der Waals surface area contributed by atoms with Gasteiger partial charge >= 0.3 is 12.1 Å². The van der Waals surface area contributed by atoms with E-state index in [0.717, 1.165) is 6.20 Å². The van der Waals surface area contributed by atoms with E-state index in [1.807, 2.05) is 0 Å². The molecule has 1 aromatic carbocycles. The van der Waals surface area contributed by atoms with E-state index in [1.54, 1.807) is 30.3 Å². The molecule has 0 unspecified atom stereocenters. The second-order valence-electron chi connectivity index (χ2n) is 5.79. The number of alkyl halides is 3. The fraction of sp³-hybridized carbons (Fsp3) is 0.176. The molecule has 0 radical (unpaired) electrons. The topological polar surface area (TPSA) is 103 Å². The van der Waals surface area contributed by atoms with E-state index in [4.69, 9.17) is 0 Å². The SMILES string of the molecule is O=C(CS(=O)(=O)Cc1ccccc1)c1ccc(-c2noc(C(F)(F)F)n2)cn1. The van der Waals surface area contributed by atoms with E-state index in [-0.39, 0.29) is 22.8 Å². The lowest BCUT2D eigenvalue weighted by atomic mass is 10.2. The van der Waals surface area contributed by atoms with Gasteiger partial charge in [-0.3, -0.25) is 9.78 Å². The molecule has 0 aliphatic heterocycles. The van der Waals surface area contributed by atoms with Crippen molar-refractivity contribution in [1.29, 1.82) is 0 Å². The first kappa shape index (κ1) is 19.7. The summed E-state index contributed by atoms with van der Waals surface area (Å²) in [6.45, 7) is 0. The van der Waals surface area contributed by atoms with Crippen LogP contribution in [0.4, 0.5) is 13.2 Å². The molecule has 0 aliphatic carbocycles. The van der Waals surface area contributed by atoms with Gasteiger partial charge in [-0.05, 0) is 17.7 Å². The molecule has 2 aromatic heterocycles. The second-order valence-corrected chi connectivity index (χ2v) is 7.86. The Morgan fingerprint density at radius 2 is 1.79 bits per heavy atom. The van der Waals surface area contributed by atoms with Gasteiger partial charge in [0.1, 0.15) is 11.4 Å². The average molecular weight is 411 g/mol. The predicted octanol–water partition coefficient (Wildman–Crippen LogP) is 2.95. The zero-order valence-electron chi connectivity index (χ0n) is 14.0. The van der Waals surface area contributed by atoms with E-state index in [9.17, 15) is 26.4 Å². The minimum Gasteiger partial charge on any atom is -0.329 e. The van der Waals surface area contributed by atoms with Crippen molar-refractivity contribution in [1.82, 2.24) is 15.1 Å². The van der Waals surface area contributed by atoms with Crippen molar-refractivity contribution in [3.63, 3.8) is 0 Å². The van der Waals surface area contributed by atoms with Crippen LogP contribution in [0.25, 0.3) is 11.4 Å². The molecule has 146 valence electrons. The molecule has 0 bridgehead atoms. The first-order chi connectivity index (χ1) is 13.1. The van der Waals surface area contributed by atoms with E-state index >= 15 is 0 Å². The molecule has 3 rings (SSSR count). The van der Waals surface area contributed by atoms with E-state index < -0.39 is 33.4 Å². The maximum absolute atomic E-state index is 12.5. The highest BCUT2D eigenvalue weighted by atomic mass is 32.2. The van der Waals surface area contributed by atoms with Crippen LogP contribution in [0.2, 0.25) is 0 Å². The normalized spacial score (nSPS) is 12.1. The molecule has 0 atom stereocenters. The Kier molecular flexibility index (Phi) is 5.27. The van der Waals surface area contributed by atoms with E-state index in [1.165, 1.54) is 12.1 Å². The Bertz CT molecular complexity index is 1080. The number of halogens is 3. The van der Waals surface area contributed by atoms with Gasteiger partial charge in [-0.1, -0.05) is 35.5 Å². The van der Waals surface area contributed by atoms with Crippen LogP contribution < -0.4 is 0 Å². The molecule has 7 nitrogen and oxygen atoms in total. The monoisotopic (exact) mass is 411 g/mol. The van der Waals surface area contributed by atoms with Crippen LogP contribution in [0.3, 0.4) is 0 Å². The predicted molar refractivity (Wildman–Crippen MR) is 90.8 cm³/mol. The summed E-state index contributed by atoms with van der Waals surface area (Å²) in [5.41, 5.74) is 0.499. The summed E-state index contributed by atoms with van der Waals surface area (Å²) in [7, 11) is -3.71. The number of pyridine rings is 1. The van der Waals surface area contributed by atoms with Crippen molar-refractivity contribution < 1.29 is 30.9 Å². The van der Waals surface area contributed by atoms with Crippen molar-refractivity contribution in [3.8, 4) is 11.4 Å². The average Bonchev–Trinajstić information content (AvgIpc) is 3.12. The fourth-order valence-electron chi connectivity index (χ4n) is 2.30. The number of nitrogens with zero attached hydrogens (tertiary/aromatic N) is 3. The number of carbonyl (C=O) groups excluding carboxylic acids is 1. The summed E-state index contributed by atoms with van der Waals surface area (Å²) in [6.07, 6.45) is -3.70. The number of benzene rings is 1. The Labute approximate surface area is 157 Å². The third-order valence-corrected chi connectivity index (χ3v) is 5.03. The molecule has 0 amide bonds. The Balaban J connectivity index is 1.71. The van der Waals surface area contributed by atoms with Crippen molar-refractivity contribution in [2.24, 2.45) is 0 Å². The van der Waals surface area contributed by atoms with Crippen molar-refractivity contribution in [2.75, 3.05) is 5.75 Å². The molecule has 0 spiro atoms. The van der Waals surface area contributed by atoms with Gasteiger partial charge in [0.2, 0.25) is 5.82 Å². The number of carbonyl (C=O) groups is 1. The highest BCUT2D eigenvalue weighted by Crippen LogP contribution is 2.29. The minimum absolute atomic E-state index is 0.0861. The summed E-state index contributed by atoms with van der Waals surface area (Å²) in [5, 5.41) is 3.21. The number of ketones is 1. The number of aromatic nitrogens is 3. The molecule has 0 saturated heterocycles. The number of sulfone groups is 1. The number of hydrogen-bond acceptors (Lipinski definition) is 7. The maximum Gasteiger partial charge on any atom is 0.471 e. The van der Waals surface area contributed by atoms with Crippen LogP contribution in [-0.4, -0.2) is 35.1 Å². The molecule has 11 heteroatoms. The number of rotatable bonds is 6. The van der Waals surface area contributed by atoms with Crippen LogP contribution in [0.5, 0.6) is 0 Å². The van der Waals surface area contributed by atoms with Gasteiger partial charge < -0.3 is 4.52 Å². The largest absolute Gasteiger partial charge is 0.471 e. The van der Waals surface area contributed by atoms with Gasteiger partial charge in [-0.15, -0.1) is 0 Å². The van der Waals surface area contributed by atoms with Crippen molar-refractivity contribution >= 4 is 15.6 Å². The lowest BCUT2D eigenvalue weighted by Gasteiger charge is -2.04. The standard InChI is InChI=1S/C17H12F3N3O4S/c18-17(19,20)16-22-15(23-27-16)12-6-7-13(21-8-12)14(24)10-28(25,26)9-11-4-2-1-3-5-11/h1-8H,9-10H2. The Morgan fingerprint density at radius 1 is 1.07 bits per heavy atom. The molecule has 0 aliphatic rings. The van der Waals surface area contributed by atoms with Gasteiger partial charge in [0.05, 0.1) is 5.75 Å². The minimum atomic E-state index is -4.78. The van der Waals surface area contributed by atoms with Crippen molar-refractivity contribution in [2.45, 2.75) is 11.9 Å². The van der Waals surface area contributed by atoms with Crippen LogP contribution >= 0.6 is 0 Å². The third-order valence-electron chi connectivity index (χ3n) is 3.56. The Hall–Kier alpha value is -3.08. The Morgan fingerprint density at radius 3 is 2.36 bits per heavy atom. The zero-order chi connectivity index (χ0) is 20.4. The van der Waals surface area contributed by atoms with Crippen molar-refractivity contribution in [3.05, 3.63) is 65.8 Å². The summed E-state index contributed by atoms with van der Waals surface area (Å²) < 4.78 is 65.9. The smallest absolute Gasteiger partial charge is 0.329 e. The van der Waals surface area contributed by atoms with Crippen LogP contribution in [0.15, 0.2) is 53.2 Å². The maximum atomic E-state index is 12.5. The first-order valence-corrected chi connectivity index (χ1v) is 9.61. The molecule has 2 heterocycles. The number of Topliss-reactive ketones (excluding diaryl/α,β-unsaturated/α-hetero) is 1. The lowest BCUT2D eigenvalue weighted by Crippen LogP contribution is -2.18. The van der Waals surface area contributed by atoms with Gasteiger partial charge in [-0.25, -0.2) is 8.42 Å². The fourth-order valence-corrected chi connectivity index (χ4v) is 3.65. The molecular weight excluding hydrogens is 399 g/mol. The second kappa shape index (κ2) is 7.50. The van der Waals surface area contributed by atoms with Crippen LogP contribution in [0, 0.1) is 0 Å². The molecular formula is C17H12F3N3O4S. The molecule has 28 heavy (non-hydrogen) atoms. The highest BCUT2D eigenvalue weighted by Gasteiger charge is 2.38. The molecule has 3 aromatic rings. The van der Waals surface area contributed by atoms with Gasteiger partial charge in [0, 0.05) is 11.8 Å². The summed E-state index contributed by atoms with van der Waals surface area (Å²) >= 11 is 0. The van der Waals surface area contributed by atoms with Gasteiger partial charge in [-0.2, -0.15) is 18.2 Å². The van der Waals surface area contributed by atoms with E-state index in [2.05, 4.69) is 19.6 Å². The van der Waals surface area contributed by atoms with Gasteiger partial charge in [0.25, 0.3) is 0 Å². The van der Waals surface area contributed by atoms with Crippen LogP contribution in [0.1, 0.15) is 21.9 Å². The first-order valence-electron chi connectivity index (χ1n) is 7.79. The summed E-state index contributed by atoms with van der Waals surface area (Å²) in [6, 6.07) is 10.8. The molecule has 0 N–H and O–H groups in total. The van der Waals surface area contributed by atoms with Crippen LogP contribution in [-0.2, 0) is 21.8 Å². The summed E-state index contributed by atoms with van der Waals surface area (Å²) in [4.78, 5) is 19.2. The molecule has 0 saturated carbocycles.